The van der Waals surface area contributed by atoms with Crippen LogP contribution in [0.25, 0.3) is 22.3 Å². The number of anilines is 2. The lowest BCUT2D eigenvalue weighted by atomic mass is 10.1. The number of hydrogen-bond donors (Lipinski definition) is 2. The Morgan fingerprint density at radius 3 is 2.48 bits per heavy atom. The van der Waals surface area contributed by atoms with Crippen LogP contribution in [0.3, 0.4) is 0 Å². The molecule has 2 heterocycles. The van der Waals surface area contributed by atoms with Crippen molar-refractivity contribution in [2.24, 2.45) is 0 Å². The van der Waals surface area contributed by atoms with Crippen LogP contribution in [0.1, 0.15) is 17.3 Å². The lowest BCUT2D eigenvalue weighted by molar-refractivity contribution is 0.102. The first kappa shape index (κ1) is 19.2. The van der Waals surface area contributed by atoms with Gasteiger partial charge < -0.3 is 11.1 Å². The molecule has 4 aromatic rings. The molecule has 0 aliphatic carbocycles. The molecular formula is C21H17Cl2N5O. The van der Waals surface area contributed by atoms with E-state index in [0.717, 1.165) is 5.56 Å². The van der Waals surface area contributed by atoms with E-state index in [1.165, 1.54) is 0 Å². The van der Waals surface area contributed by atoms with Crippen molar-refractivity contribution in [1.29, 1.82) is 0 Å². The normalized spacial score (nSPS) is 11.0. The van der Waals surface area contributed by atoms with Crippen LogP contribution < -0.4 is 11.1 Å². The summed E-state index contributed by atoms with van der Waals surface area (Å²) >= 11 is 12.2. The predicted octanol–water partition coefficient (Wildman–Crippen LogP) is 5.26. The average molecular weight is 426 g/mol. The highest BCUT2D eigenvalue weighted by Crippen LogP contribution is 2.32. The first-order chi connectivity index (χ1) is 14.0. The van der Waals surface area contributed by atoms with Gasteiger partial charge >= 0.3 is 0 Å². The van der Waals surface area contributed by atoms with Crippen molar-refractivity contribution in [3.63, 3.8) is 0 Å². The number of benzene rings is 2. The van der Waals surface area contributed by atoms with Gasteiger partial charge in [-0.2, -0.15) is 5.10 Å². The highest BCUT2D eigenvalue weighted by molar-refractivity contribution is 6.39. The van der Waals surface area contributed by atoms with E-state index >= 15 is 0 Å². The van der Waals surface area contributed by atoms with E-state index in [4.69, 9.17) is 33.9 Å². The topological polar surface area (TPSA) is 85.8 Å². The molecule has 2 aromatic heterocycles. The van der Waals surface area contributed by atoms with Gasteiger partial charge in [0.2, 0.25) is 0 Å². The van der Waals surface area contributed by atoms with Crippen LogP contribution in [-0.4, -0.2) is 20.7 Å². The lowest BCUT2D eigenvalue weighted by Gasteiger charge is -2.11. The maximum absolute atomic E-state index is 13.1. The minimum Gasteiger partial charge on any atom is -0.396 e. The van der Waals surface area contributed by atoms with Crippen LogP contribution >= 0.6 is 23.2 Å². The van der Waals surface area contributed by atoms with Gasteiger partial charge in [0.25, 0.3) is 5.91 Å². The third-order valence-electron chi connectivity index (χ3n) is 4.56. The van der Waals surface area contributed by atoms with Crippen molar-refractivity contribution in [3.05, 3.63) is 70.3 Å². The molecule has 8 heteroatoms. The maximum Gasteiger partial charge on any atom is 0.256 e. The van der Waals surface area contributed by atoms with E-state index in [-0.39, 0.29) is 21.6 Å². The molecule has 0 radical (unpaired) electrons. The van der Waals surface area contributed by atoms with Gasteiger partial charge in [0, 0.05) is 17.8 Å². The van der Waals surface area contributed by atoms with Crippen molar-refractivity contribution in [3.8, 4) is 11.3 Å². The van der Waals surface area contributed by atoms with Gasteiger partial charge in [-0.25, -0.2) is 9.67 Å². The number of nitrogen functional groups attached to an aromatic ring is 1. The first-order valence-electron chi connectivity index (χ1n) is 8.95. The smallest absolute Gasteiger partial charge is 0.256 e. The van der Waals surface area contributed by atoms with E-state index < -0.39 is 0 Å². The Balaban J connectivity index is 1.81. The Labute approximate surface area is 177 Å². The number of nitrogens with zero attached hydrogens (tertiary/aromatic N) is 3. The molecule has 0 saturated heterocycles. The summed E-state index contributed by atoms with van der Waals surface area (Å²) in [5, 5.41) is 8.40. The molecule has 0 unspecified atom stereocenters. The van der Waals surface area contributed by atoms with Crippen LogP contribution in [0.15, 0.2) is 54.7 Å². The third-order valence-corrected chi connectivity index (χ3v) is 5.19. The van der Waals surface area contributed by atoms with Crippen molar-refractivity contribution in [2.45, 2.75) is 13.5 Å². The molecule has 0 spiro atoms. The van der Waals surface area contributed by atoms with Gasteiger partial charge in [0.05, 0.1) is 38.6 Å². The zero-order valence-corrected chi connectivity index (χ0v) is 17.0. The third kappa shape index (κ3) is 3.64. The van der Waals surface area contributed by atoms with Gasteiger partial charge in [-0.3, -0.25) is 4.79 Å². The fourth-order valence-electron chi connectivity index (χ4n) is 3.08. The summed E-state index contributed by atoms with van der Waals surface area (Å²) in [5.41, 5.74) is 9.19. The highest BCUT2D eigenvalue weighted by atomic mass is 35.5. The Morgan fingerprint density at radius 2 is 1.83 bits per heavy atom. The summed E-state index contributed by atoms with van der Waals surface area (Å²) in [6.07, 6.45) is 1.65. The Morgan fingerprint density at radius 1 is 1.14 bits per heavy atom. The zero-order chi connectivity index (χ0) is 20.5. The van der Waals surface area contributed by atoms with E-state index in [9.17, 15) is 4.79 Å². The molecule has 4 rings (SSSR count). The predicted molar refractivity (Wildman–Crippen MR) is 117 cm³/mol. The molecule has 29 heavy (non-hydrogen) atoms. The van der Waals surface area contributed by atoms with Crippen molar-refractivity contribution in [2.75, 3.05) is 11.1 Å². The molecule has 0 saturated carbocycles. The molecule has 1 amide bonds. The fraction of sp³-hybridized carbons (Fsp3) is 0.0952. The number of aryl methyl sites for hydroxylation is 1. The summed E-state index contributed by atoms with van der Waals surface area (Å²) < 4.78 is 1.76. The quantitative estimate of drug-likeness (QED) is 0.436. The van der Waals surface area contributed by atoms with Gasteiger partial charge in [-0.1, -0.05) is 53.5 Å². The second kappa shape index (κ2) is 7.73. The largest absolute Gasteiger partial charge is 0.396 e. The number of rotatable bonds is 4. The number of carbonyl (C=O) groups is 1. The number of fused-ring (bicyclic) bond motifs is 1. The molecular weight excluding hydrogens is 409 g/mol. The molecule has 0 bridgehead atoms. The second-order valence-corrected chi connectivity index (χ2v) is 7.24. The molecule has 0 aliphatic rings. The van der Waals surface area contributed by atoms with Crippen LogP contribution in [0.2, 0.25) is 10.0 Å². The van der Waals surface area contributed by atoms with E-state index in [1.54, 1.807) is 29.1 Å². The standard InChI is InChI=1S/C21H17Cl2N5O/c1-2-28-20-15(11-25-28)14(10-18(27-20)12-6-4-3-5-7-12)21(29)26-13-8-16(22)19(24)17(23)9-13/h3-11H,2,24H2,1H3,(H,26,29). The van der Waals surface area contributed by atoms with Gasteiger partial charge in [-0.15, -0.1) is 0 Å². The number of carbonyl (C=O) groups excluding carboxylic acids is 1. The number of halogens is 2. The SMILES string of the molecule is CCn1ncc2c(C(=O)Nc3cc(Cl)c(N)c(Cl)c3)cc(-c3ccccc3)nc21. The maximum atomic E-state index is 13.1. The minimum atomic E-state index is -0.317. The summed E-state index contributed by atoms with van der Waals surface area (Å²) in [4.78, 5) is 17.9. The second-order valence-electron chi connectivity index (χ2n) is 6.43. The zero-order valence-electron chi connectivity index (χ0n) is 15.5. The first-order valence-corrected chi connectivity index (χ1v) is 9.71. The number of nitrogens with two attached hydrogens (primary N) is 1. The van der Waals surface area contributed by atoms with Crippen molar-refractivity contribution >= 4 is 51.5 Å². The summed E-state index contributed by atoms with van der Waals surface area (Å²) in [6.45, 7) is 2.61. The molecule has 6 nitrogen and oxygen atoms in total. The lowest BCUT2D eigenvalue weighted by Crippen LogP contribution is -2.13. The Kier molecular flexibility index (Phi) is 5.13. The van der Waals surface area contributed by atoms with E-state index in [1.807, 2.05) is 37.3 Å². The molecule has 0 fully saturated rings. The van der Waals surface area contributed by atoms with Gasteiger partial charge in [0.1, 0.15) is 0 Å². The monoisotopic (exact) mass is 425 g/mol. The summed E-state index contributed by atoms with van der Waals surface area (Å²) in [6, 6.07) is 14.6. The molecule has 0 atom stereocenters. The van der Waals surface area contributed by atoms with Crippen LogP contribution in [0, 0.1) is 0 Å². The van der Waals surface area contributed by atoms with Crippen LogP contribution in [-0.2, 0) is 6.54 Å². The Hall–Kier alpha value is -3.09. The van der Waals surface area contributed by atoms with Crippen molar-refractivity contribution in [1.82, 2.24) is 14.8 Å². The minimum absolute atomic E-state index is 0.271. The van der Waals surface area contributed by atoms with Gasteiger partial charge in [0.15, 0.2) is 5.65 Å². The Bertz CT molecular complexity index is 1200. The number of aromatic nitrogens is 3. The average Bonchev–Trinajstić information content (AvgIpc) is 3.15. The summed E-state index contributed by atoms with van der Waals surface area (Å²) in [7, 11) is 0. The van der Waals surface area contributed by atoms with Gasteiger partial charge in [-0.05, 0) is 25.1 Å². The van der Waals surface area contributed by atoms with E-state index in [2.05, 4.69) is 10.4 Å². The van der Waals surface area contributed by atoms with E-state index in [0.29, 0.717) is 34.5 Å². The number of hydrogen-bond acceptors (Lipinski definition) is 4. The fourth-order valence-corrected chi connectivity index (χ4v) is 3.57. The number of pyridine rings is 1. The van der Waals surface area contributed by atoms with Crippen LogP contribution in [0.4, 0.5) is 11.4 Å². The number of nitrogens with one attached hydrogen (secondary N) is 1. The summed E-state index contributed by atoms with van der Waals surface area (Å²) in [5.74, 6) is -0.317. The number of amides is 1. The molecule has 3 N–H and O–H groups in total. The van der Waals surface area contributed by atoms with Crippen molar-refractivity contribution < 1.29 is 4.79 Å². The van der Waals surface area contributed by atoms with Crippen LogP contribution in [0.5, 0.6) is 0 Å². The highest BCUT2D eigenvalue weighted by Gasteiger charge is 2.18. The molecule has 2 aromatic carbocycles. The molecule has 146 valence electrons. The molecule has 0 aliphatic heterocycles.